The second-order valence-electron chi connectivity index (χ2n) is 3.50. The normalized spacial score (nSPS) is 12.8. The van der Waals surface area contributed by atoms with Crippen LogP contribution in [0, 0.1) is 12.7 Å². The molecule has 0 N–H and O–H groups in total. The van der Waals surface area contributed by atoms with E-state index in [0.29, 0.717) is 0 Å². The van der Waals surface area contributed by atoms with Gasteiger partial charge in [-0.15, -0.1) is 22.9 Å². The summed E-state index contributed by atoms with van der Waals surface area (Å²) in [5.41, 5.74) is 1.83. The van der Waals surface area contributed by atoms with Crippen molar-refractivity contribution < 1.29 is 4.39 Å². The molecule has 1 aromatic heterocycles. The SMILES string of the molecule is Cc1cc(F)ccc1C(Cl)c1sccc1Br. The van der Waals surface area contributed by atoms with Crippen LogP contribution in [0.15, 0.2) is 34.1 Å². The molecule has 1 unspecified atom stereocenters. The van der Waals surface area contributed by atoms with E-state index < -0.39 is 0 Å². The van der Waals surface area contributed by atoms with E-state index in [1.54, 1.807) is 17.4 Å². The average Bonchev–Trinajstić information content (AvgIpc) is 2.63. The molecule has 0 bridgehead atoms. The maximum absolute atomic E-state index is 13.0. The fourth-order valence-electron chi connectivity index (χ4n) is 1.55. The first kappa shape index (κ1) is 12.1. The minimum atomic E-state index is -0.227. The highest BCUT2D eigenvalue weighted by Gasteiger charge is 2.17. The Kier molecular flexibility index (Phi) is 3.67. The van der Waals surface area contributed by atoms with Crippen LogP contribution in [0.1, 0.15) is 21.4 Å². The lowest BCUT2D eigenvalue weighted by Crippen LogP contribution is -1.95. The van der Waals surface area contributed by atoms with Gasteiger partial charge in [0.25, 0.3) is 0 Å². The molecule has 1 atom stereocenters. The van der Waals surface area contributed by atoms with E-state index in [1.165, 1.54) is 12.1 Å². The van der Waals surface area contributed by atoms with Crippen LogP contribution in [-0.4, -0.2) is 0 Å². The van der Waals surface area contributed by atoms with E-state index in [1.807, 2.05) is 18.4 Å². The van der Waals surface area contributed by atoms with Crippen LogP contribution < -0.4 is 0 Å². The summed E-state index contributed by atoms with van der Waals surface area (Å²) in [5, 5.41) is 1.75. The minimum absolute atomic E-state index is 0.227. The van der Waals surface area contributed by atoms with Crippen LogP contribution in [-0.2, 0) is 0 Å². The number of halogens is 3. The summed E-state index contributed by atoms with van der Waals surface area (Å²) in [5.74, 6) is -0.227. The lowest BCUT2D eigenvalue weighted by molar-refractivity contribution is 0.625. The van der Waals surface area contributed by atoms with Crippen molar-refractivity contribution in [1.29, 1.82) is 0 Å². The van der Waals surface area contributed by atoms with Gasteiger partial charge in [0.1, 0.15) is 5.82 Å². The first-order valence-electron chi connectivity index (χ1n) is 4.72. The number of alkyl halides is 1. The van der Waals surface area contributed by atoms with Crippen molar-refractivity contribution in [2.45, 2.75) is 12.3 Å². The number of hydrogen-bond donors (Lipinski definition) is 0. The summed E-state index contributed by atoms with van der Waals surface area (Å²) in [7, 11) is 0. The van der Waals surface area contributed by atoms with E-state index in [4.69, 9.17) is 11.6 Å². The fourth-order valence-corrected chi connectivity index (χ4v) is 3.79. The second kappa shape index (κ2) is 4.86. The Bertz CT molecular complexity index is 509. The lowest BCUT2D eigenvalue weighted by Gasteiger charge is -2.11. The number of thiophene rings is 1. The van der Waals surface area contributed by atoms with Gasteiger partial charge in [0.05, 0.1) is 5.38 Å². The molecule has 84 valence electrons. The molecule has 2 rings (SSSR count). The zero-order valence-corrected chi connectivity index (χ0v) is 11.7. The third-order valence-corrected chi connectivity index (χ3v) is 4.90. The second-order valence-corrected chi connectivity index (χ2v) is 5.73. The van der Waals surface area contributed by atoms with Crippen LogP contribution in [0.4, 0.5) is 4.39 Å². The van der Waals surface area contributed by atoms with Gasteiger partial charge in [0.2, 0.25) is 0 Å². The largest absolute Gasteiger partial charge is 0.207 e. The maximum Gasteiger partial charge on any atom is 0.123 e. The highest BCUT2D eigenvalue weighted by atomic mass is 79.9. The zero-order chi connectivity index (χ0) is 11.7. The molecule has 16 heavy (non-hydrogen) atoms. The molecule has 1 aromatic carbocycles. The number of rotatable bonds is 2. The van der Waals surface area contributed by atoms with Gasteiger partial charge in [-0.25, -0.2) is 4.39 Å². The third kappa shape index (κ3) is 2.31. The zero-order valence-electron chi connectivity index (χ0n) is 8.51. The molecule has 4 heteroatoms. The van der Waals surface area contributed by atoms with Crippen molar-refractivity contribution >= 4 is 38.9 Å². The van der Waals surface area contributed by atoms with Gasteiger partial charge in [0.15, 0.2) is 0 Å². The van der Waals surface area contributed by atoms with E-state index >= 15 is 0 Å². The summed E-state index contributed by atoms with van der Waals surface area (Å²) in [6.07, 6.45) is 0. The summed E-state index contributed by atoms with van der Waals surface area (Å²) < 4.78 is 14.0. The highest BCUT2D eigenvalue weighted by molar-refractivity contribution is 9.10. The van der Waals surface area contributed by atoms with Gasteiger partial charge in [-0.3, -0.25) is 0 Å². The quantitative estimate of drug-likeness (QED) is 0.660. The monoisotopic (exact) mass is 318 g/mol. The van der Waals surface area contributed by atoms with Crippen LogP contribution in [0.25, 0.3) is 0 Å². The molecule has 0 amide bonds. The summed E-state index contributed by atoms with van der Waals surface area (Å²) in [4.78, 5) is 1.05. The van der Waals surface area contributed by atoms with Crippen molar-refractivity contribution in [2.24, 2.45) is 0 Å². The Labute approximate surface area is 111 Å². The predicted octanol–water partition coefficient (Wildman–Crippen LogP) is 5.29. The van der Waals surface area contributed by atoms with Gasteiger partial charge in [0, 0.05) is 9.35 Å². The molecule has 2 aromatic rings. The summed E-state index contributed by atoms with van der Waals surface area (Å²) in [6.45, 7) is 1.87. The Morgan fingerprint density at radius 2 is 2.12 bits per heavy atom. The molecule has 0 radical (unpaired) electrons. The van der Waals surface area contributed by atoms with Gasteiger partial charge in [-0.1, -0.05) is 6.07 Å². The van der Waals surface area contributed by atoms with Gasteiger partial charge < -0.3 is 0 Å². The number of hydrogen-bond acceptors (Lipinski definition) is 1. The molecule has 1 heterocycles. The van der Waals surface area contributed by atoms with Crippen molar-refractivity contribution in [1.82, 2.24) is 0 Å². The van der Waals surface area contributed by atoms with Crippen LogP contribution >= 0.6 is 38.9 Å². The third-order valence-electron chi connectivity index (χ3n) is 2.38. The van der Waals surface area contributed by atoms with Gasteiger partial charge in [-0.2, -0.15) is 0 Å². The summed E-state index contributed by atoms with van der Waals surface area (Å²) >= 11 is 11.4. The smallest absolute Gasteiger partial charge is 0.123 e. The van der Waals surface area contributed by atoms with Crippen molar-refractivity contribution in [3.05, 3.63) is 55.9 Å². The number of aryl methyl sites for hydroxylation is 1. The van der Waals surface area contributed by atoms with Crippen LogP contribution in [0.3, 0.4) is 0 Å². The Hall–Kier alpha value is -0.380. The minimum Gasteiger partial charge on any atom is -0.207 e. The molecular formula is C12H9BrClFS. The molecule has 0 aliphatic heterocycles. The fraction of sp³-hybridized carbons (Fsp3) is 0.167. The van der Waals surface area contributed by atoms with Crippen molar-refractivity contribution in [3.8, 4) is 0 Å². The lowest BCUT2D eigenvalue weighted by atomic mass is 10.0. The van der Waals surface area contributed by atoms with Crippen LogP contribution in [0.2, 0.25) is 0 Å². The number of benzene rings is 1. The predicted molar refractivity (Wildman–Crippen MR) is 70.9 cm³/mol. The van der Waals surface area contributed by atoms with E-state index in [9.17, 15) is 4.39 Å². The van der Waals surface area contributed by atoms with Crippen molar-refractivity contribution in [3.63, 3.8) is 0 Å². The molecule has 0 saturated carbocycles. The topological polar surface area (TPSA) is 0 Å². The summed E-state index contributed by atoms with van der Waals surface area (Å²) in [6, 6.07) is 6.66. The molecule has 0 aliphatic carbocycles. The van der Waals surface area contributed by atoms with Gasteiger partial charge >= 0.3 is 0 Å². The maximum atomic E-state index is 13.0. The van der Waals surface area contributed by atoms with E-state index in [-0.39, 0.29) is 11.2 Å². The van der Waals surface area contributed by atoms with Crippen LogP contribution in [0.5, 0.6) is 0 Å². The molecule has 0 spiro atoms. The molecule has 0 aliphatic rings. The van der Waals surface area contributed by atoms with Crippen molar-refractivity contribution in [2.75, 3.05) is 0 Å². The Morgan fingerprint density at radius 3 is 2.69 bits per heavy atom. The average molecular weight is 320 g/mol. The highest BCUT2D eigenvalue weighted by Crippen LogP contribution is 2.38. The first-order chi connectivity index (χ1) is 7.59. The molecule has 0 nitrogen and oxygen atoms in total. The standard InChI is InChI=1S/C12H9BrClFS/c1-7-6-8(15)2-3-9(7)11(14)12-10(13)4-5-16-12/h2-6,11H,1H3. The Morgan fingerprint density at radius 1 is 1.38 bits per heavy atom. The molecule has 0 saturated heterocycles. The van der Waals surface area contributed by atoms with E-state index in [2.05, 4.69) is 15.9 Å². The van der Waals surface area contributed by atoms with E-state index in [0.717, 1.165) is 20.5 Å². The molecule has 0 fully saturated rings. The molecular weight excluding hydrogens is 311 g/mol. The Balaban J connectivity index is 2.41. The van der Waals surface area contributed by atoms with Gasteiger partial charge in [-0.05, 0) is 57.6 Å². The first-order valence-corrected chi connectivity index (χ1v) is 6.83.